The van der Waals surface area contributed by atoms with Crippen molar-refractivity contribution in [1.82, 2.24) is 0 Å². The summed E-state index contributed by atoms with van der Waals surface area (Å²) >= 11 is 0. The lowest BCUT2D eigenvalue weighted by Gasteiger charge is -2.02. The Morgan fingerprint density at radius 3 is 2.05 bits per heavy atom. The summed E-state index contributed by atoms with van der Waals surface area (Å²) in [5.74, 6) is 0.0241. The molecule has 110 valence electrons. The smallest absolute Gasteiger partial charge is 0.335 e. The number of carboxylic acids is 1. The van der Waals surface area contributed by atoms with Gasteiger partial charge in [-0.2, -0.15) is 0 Å². The molecule has 3 nitrogen and oxygen atoms in total. The third kappa shape index (κ3) is 6.43. The molecule has 0 unspecified atom stereocenters. The van der Waals surface area contributed by atoms with Crippen LogP contribution >= 0.6 is 0 Å². The van der Waals surface area contributed by atoms with Crippen LogP contribution in [-0.2, 0) is 6.42 Å². The average molecular weight is 284 g/mol. The second-order valence-corrected chi connectivity index (χ2v) is 4.65. The predicted octanol–water partition coefficient (Wildman–Crippen LogP) is 4.20. The quantitative estimate of drug-likeness (QED) is 0.856. The number of allylic oxidation sites excluding steroid dienone is 1. The standard InChI is InChI=1S/C11H14O.C7H6O2/c1-9(2)8-10-4-6-11(12-3)7-5-10;8-7(9)6-4-2-1-3-5-6/h4-7H,1,8H2,2-3H3;1-5H,(H,8,9). The van der Waals surface area contributed by atoms with Gasteiger partial charge in [0.1, 0.15) is 5.75 Å². The molecule has 2 rings (SSSR count). The number of methoxy groups -OCH3 is 1. The van der Waals surface area contributed by atoms with Crippen LogP contribution in [0, 0.1) is 0 Å². The van der Waals surface area contributed by atoms with Gasteiger partial charge >= 0.3 is 5.97 Å². The van der Waals surface area contributed by atoms with Crippen molar-refractivity contribution < 1.29 is 14.6 Å². The fourth-order valence-corrected chi connectivity index (χ4v) is 1.67. The van der Waals surface area contributed by atoms with Gasteiger partial charge in [-0.15, -0.1) is 0 Å². The van der Waals surface area contributed by atoms with Crippen molar-refractivity contribution in [2.24, 2.45) is 0 Å². The van der Waals surface area contributed by atoms with Crippen LogP contribution in [0.5, 0.6) is 5.75 Å². The number of carboxylic acid groups (broad SMARTS) is 1. The fourth-order valence-electron chi connectivity index (χ4n) is 1.67. The fraction of sp³-hybridized carbons (Fsp3) is 0.167. The maximum Gasteiger partial charge on any atom is 0.335 e. The van der Waals surface area contributed by atoms with Gasteiger partial charge in [0.05, 0.1) is 12.7 Å². The molecule has 0 radical (unpaired) electrons. The topological polar surface area (TPSA) is 46.5 Å². The normalized spacial score (nSPS) is 9.24. The molecule has 0 heterocycles. The van der Waals surface area contributed by atoms with E-state index in [0.29, 0.717) is 5.56 Å². The van der Waals surface area contributed by atoms with E-state index in [2.05, 4.69) is 18.7 Å². The Morgan fingerprint density at radius 2 is 1.67 bits per heavy atom. The van der Waals surface area contributed by atoms with Gasteiger partial charge in [0.2, 0.25) is 0 Å². The van der Waals surface area contributed by atoms with E-state index in [9.17, 15) is 4.79 Å². The molecule has 0 saturated carbocycles. The number of aromatic carboxylic acids is 1. The number of rotatable bonds is 4. The molecule has 2 aromatic carbocycles. The van der Waals surface area contributed by atoms with Gasteiger partial charge in [0.15, 0.2) is 0 Å². The summed E-state index contributed by atoms with van der Waals surface area (Å²) in [5, 5.41) is 8.38. The molecule has 0 amide bonds. The summed E-state index contributed by atoms with van der Waals surface area (Å²) in [6.07, 6.45) is 0.948. The molecule has 21 heavy (non-hydrogen) atoms. The summed E-state index contributed by atoms with van der Waals surface area (Å²) in [6.45, 7) is 5.89. The summed E-state index contributed by atoms with van der Waals surface area (Å²) in [6, 6.07) is 16.4. The first-order valence-corrected chi connectivity index (χ1v) is 6.58. The minimum Gasteiger partial charge on any atom is -0.497 e. The van der Waals surface area contributed by atoms with E-state index in [4.69, 9.17) is 9.84 Å². The SMILES string of the molecule is C=C(C)Cc1ccc(OC)cc1.O=C(O)c1ccccc1. The molecule has 0 bridgehead atoms. The molecular formula is C18H20O3. The average Bonchev–Trinajstić information content (AvgIpc) is 2.49. The zero-order chi connectivity index (χ0) is 15.7. The Kier molecular flexibility index (Phi) is 6.75. The number of hydrogen-bond donors (Lipinski definition) is 1. The molecule has 1 N–H and O–H groups in total. The monoisotopic (exact) mass is 284 g/mol. The van der Waals surface area contributed by atoms with Crippen LogP contribution in [-0.4, -0.2) is 18.2 Å². The summed E-state index contributed by atoms with van der Waals surface area (Å²) in [7, 11) is 1.67. The molecule has 0 spiro atoms. The van der Waals surface area contributed by atoms with E-state index in [0.717, 1.165) is 12.2 Å². The first-order chi connectivity index (χ1) is 10.0. The molecule has 3 heteroatoms. The predicted molar refractivity (Wildman–Crippen MR) is 84.9 cm³/mol. The molecule has 2 aromatic rings. The van der Waals surface area contributed by atoms with E-state index in [-0.39, 0.29) is 0 Å². The van der Waals surface area contributed by atoms with Crippen molar-refractivity contribution in [2.75, 3.05) is 7.11 Å². The molecule has 0 aliphatic heterocycles. The second-order valence-electron chi connectivity index (χ2n) is 4.65. The lowest BCUT2D eigenvalue weighted by molar-refractivity contribution is 0.0697. The highest BCUT2D eigenvalue weighted by Crippen LogP contribution is 2.13. The van der Waals surface area contributed by atoms with Crippen molar-refractivity contribution in [2.45, 2.75) is 13.3 Å². The minimum atomic E-state index is -0.879. The largest absolute Gasteiger partial charge is 0.497 e. The van der Waals surface area contributed by atoms with Crippen LogP contribution in [0.4, 0.5) is 0 Å². The van der Waals surface area contributed by atoms with Crippen LogP contribution in [0.2, 0.25) is 0 Å². The van der Waals surface area contributed by atoms with E-state index in [1.54, 1.807) is 37.4 Å². The highest BCUT2D eigenvalue weighted by molar-refractivity contribution is 5.87. The van der Waals surface area contributed by atoms with E-state index >= 15 is 0 Å². The minimum absolute atomic E-state index is 0.331. The van der Waals surface area contributed by atoms with Crippen molar-refractivity contribution in [3.8, 4) is 5.75 Å². The van der Waals surface area contributed by atoms with Gasteiger partial charge in [0, 0.05) is 0 Å². The second kappa shape index (κ2) is 8.59. The van der Waals surface area contributed by atoms with Gasteiger partial charge in [-0.05, 0) is 43.2 Å². The Balaban J connectivity index is 0.000000219. The third-order valence-electron chi connectivity index (χ3n) is 2.69. The van der Waals surface area contributed by atoms with Crippen LogP contribution < -0.4 is 4.74 Å². The first kappa shape index (κ1) is 16.5. The zero-order valence-electron chi connectivity index (χ0n) is 12.4. The lowest BCUT2D eigenvalue weighted by Crippen LogP contribution is -1.93. The maximum atomic E-state index is 10.2. The molecule has 0 aliphatic rings. The lowest BCUT2D eigenvalue weighted by atomic mass is 10.1. The van der Waals surface area contributed by atoms with Gasteiger partial charge in [0.25, 0.3) is 0 Å². The van der Waals surface area contributed by atoms with Gasteiger partial charge < -0.3 is 9.84 Å². The van der Waals surface area contributed by atoms with Crippen LogP contribution in [0.3, 0.4) is 0 Å². The van der Waals surface area contributed by atoms with Gasteiger partial charge in [-0.1, -0.05) is 42.5 Å². The molecule has 0 aromatic heterocycles. The summed E-state index contributed by atoms with van der Waals surface area (Å²) < 4.78 is 5.05. The Morgan fingerprint density at radius 1 is 1.10 bits per heavy atom. The highest BCUT2D eigenvalue weighted by Gasteiger charge is 1.96. The number of benzene rings is 2. The Bertz CT molecular complexity index is 571. The van der Waals surface area contributed by atoms with Crippen molar-refractivity contribution >= 4 is 5.97 Å². The summed E-state index contributed by atoms with van der Waals surface area (Å²) in [4.78, 5) is 10.2. The molecule has 0 fully saturated rings. The van der Waals surface area contributed by atoms with Crippen molar-refractivity contribution in [3.05, 3.63) is 77.9 Å². The number of ether oxygens (including phenoxy) is 1. The van der Waals surface area contributed by atoms with Gasteiger partial charge in [-0.3, -0.25) is 0 Å². The third-order valence-corrected chi connectivity index (χ3v) is 2.69. The molecular weight excluding hydrogens is 264 g/mol. The van der Waals surface area contributed by atoms with Crippen LogP contribution in [0.1, 0.15) is 22.8 Å². The first-order valence-electron chi connectivity index (χ1n) is 6.58. The zero-order valence-corrected chi connectivity index (χ0v) is 12.4. The van der Waals surface area contributed by atoms with Gasteiger partial charge in [-0.25, -0.2) is 4.79 Å². The molecule has 0 atom stereocenters. The Labute approximate surface area is 125 Å². The van der Waals surface area contributed by atoms with Crippen LogP contribution in [0.15, 0.2) is 66.7 Å². The van der Waals surface area contributed by atoms with E-state index in [1.165, 1.54) is 11.1 Å². The number of carbonyl (C=O) groups is 1. The number of hydrogen-bond acceptors (Lipinski definition) is 2. The summed E-state index contributed by atoms with van der Waals surface area (Å²) in [5.41, 5.74) is 2.79. The molecule has 0 saturated heterocycles. The van der Waals surface area contributed by atoms with Crippen molar-refractivity contribution in [3.63, 3.8) is 0 Å². The maximum absolute atomic E-state index is 10.2. The van der Waals surface area contributed by atoms with E-state index < -0.39 is 5.97 Å². The van der Waals surface area contributed by atoms with Crippen molar-refractivity contribution in [1.29, 1.82) is 0 Å². The highest BCUT2D eigenvalue weighted by atomic mass is 16.5. The Hall–Kier alpha value is -2.55. The van der Waals surface area contributed by atoms with E-state index in [1.807, 2.05) is 19.1 Å². The molecule has 0 aliphatic carbocycles. The van der Waals surface area contributed by atoms with Crippen LogP contribution in [0.25, 0.3) is 0 Å².